The minimum atomic E-state index is -6.96. The van der Waals surface area contributed by atoms with Gasteiger partial charge in [-0.1, -0.05) is 64.2 Å². The molecule has 0 aliphatic rings. The van der Waals surface area contributed by atoms with Gasteiger partial charge in [-0.2, -0.15) is 79.0 Å². The van der Waals surface area contributed by atoms with E-state index in [1.54, 1.807) is 21.1 Å². The Hall–Kier alpha value is -2.25. The molecule has 0 saturated heterocycles. The van der Waals surface area contributed by atoms with E-state index in [0.29, 0.717) is 30.2 Å². The number of halogens is 18. The smallest absolute Gasteiger partial charge is 0.460 e. The van der Waals surface area contributed by atoms with Crippen molar-refractivity contribution < 1.29 is 121 Å². The minimum absolute atomic E-state index is 0.0981. The Morgan fingerprint density at radius 1 is 0.500 bits per heavy atom. The Morgan fingerprint density at radius 3 is 1.20 bits per heavy atom. The number of carbonyl (C=O) groups is 2. The number of hydrogen-bond donors (Lipinski definition) is 0. The topological polar surface area (TPSA) is 111 Å². The molecule has 0 aliphatic carbocycles. The first-order valence-corrected chi connectivity index (χ1v) is 21.4. The number of hydrogen-bond acceptors (Lipinski definition) is 8. The number of quaternary nitrogens is 1. The van der Waals surface area contributed by atoms with Crippen molar-refractivity contribution in [2.75, 3.05) is 47.5 Å². The van der Waals surface area contributed by atoms with Gasteiger partial charge in [0.15, 0.2) is 6.10 Å². The number of phosphoric ester groups is 1. The van der Waals surface area contributed by atoms with E-state index in [9.17, 15) is 98.1 Å². The molecule has 382 valence electrons. The Morgan fingerprint density at radius 2 is 0.844 bits per heavy atom. The summed E-state index contributed by atoms with van der Waals surface area (Å²) in [6, 6.07) is 0. The van der Waals surface area contributed by atoms with Crippen molar-refractivity contribution in [1.29, 1.82) is 0 Å². The molecule has 0 aromatic rings. The van der Waals surface area contributed by atoms with E-state index in [0.717, 1.165) is 0 Å². The quantitative estimate of drug-likeness (QED) is 0.0206. The molecule has 0 aromatic carbocycles. The summed E-state index contributed by atoms with van der Waals surface area (Å²) in [6.07, 6.45) is -19.3. The van der Waals surface area contributed by atoms with Gasteiger partial charge in [-0.15, -0.1) is 0 Å². The van der Waals surface area contributed by atoms with Gasteiger partial charge in [-0.05, 0) is 25.7 Å². The second kappa shape index (κ2) is 25.2. The van der Waals surface area contributed by atoms with Crippen molar-refractivity contribution in [1.82, 2.24) is 0 Å². The number of nitrogens with zero attached hydrogens (tertiary/aromatic N) is 1. The molecule has 0 bridgehead atoms. The maximum atomic E-state index is 13.7. The molecule has 0 aromatic heterocycles. The van der Waals surface area contributed by atoms with Crippen LogP contribution in [0.2, 0.25) is 0 Å². The highest BCUT2D eigenvalue weighted by molar-refractivity contribution is 7.45. The number of rotatable bonds is 34. The summed E-state index contributed by atoms with van der Waals surface area (Å²) < 4.78 is 266. The molecule has 0 rings (SSSR count). The van der Waals surface area contributed by atoms with Crippen molar-refractivity contribution in [3.8, 4) is 0 Å². The molecule has 0 radical (unpaired) electrons. The molecule has 64 heavy (non-hydrogen) atoms. The lowest BCUT2D eigenvalue weighted by atomic mass is 9.97. The van der Waals surface area contributed by atoms with Crippen LogP contribution in [-0.4, -0.2) is 118 Å². The number of alkyl halides is 18. The lowest BCUT2D eigenvalue weighted by Gasteiger charge is -2.33. The van der Waals surface area contributed by atoms with Crippen LogP contribution in [0.15, 0.2) is 0 Å². The Labute approximate surface area is 358 Å². The normalized spacial score (nSPS) is 15.5. The Balaban J connectivity index is 4.84. The van der Waals surface area contributed by atoms with Crippen LogP contribution in [-0.2, 0) is 32.7 Å². The van der Waals surface area contributed by atoms with E-state index < -0.39 is 113 Å². The van der Waals surface area contributed by atoms with Gasteiger partial charge in [-0.3, -0.25) is 14.2 Å². The third kappa shape index (κ3) is 20.3. The molecule has 0 spiro atoms. The van der Waals surface area contributed by atoms with Gasteiger partial charge in [0.1, 0.15) is 19.8 Å². The predicted octanol–water partition coefficient (Wildman–Crippen LogP) is 11.6. The molecular formula is C36H54F18NO8P. The van der Waals surface area contributed by atoms with E-state index in [2.05, 4.69) is 0 Å². The summed E-state index contributed by atoms with van der Waals surface area (Å²) in [5.74, 6) is -40.3. The second-order valence-electron chi connectivity index (χ2n) is 16.0. The first kappa shape index (κ1) is 61.8. The highest BCUT2D eigenvalue weighted by Gasteiger charge is 2.82. The zero-order valence-electron chi connectivity index (χ0n) is 35.1. The molecule has 0 heterocycles. The molecule has 0 saturated carbocycles. The number of unbranched alkanes of at least 4 members (excludes halogenated alkanes) is 12. The summed E-state index contributed by atoms with van der Waals surface area (Å²) in [6.45, 7) is -1.58. The van der Waals surface area contributed by atoms with Gasteiger partial charge in [0, 0.05) is 25.7 Å². The van der Waals surface area contributed by atoms with Crippen molar-refractivity contribution in [2.45, 2.75) is 170 Å². The third-order valence-corrected chi connectivity index (χ3v) is 10.3. The van der Waals surface area contributed by atoms with Crippen molar-refractivity contribution in [3.05, 3.63) is 0 Å². The number of carbonyl (C=O) groups excluding carboxylic acids is 2. The van der Waals surface area contributed by atoms with Gasteiger partial charge in [0.2, 0.25) is 0 Å². The van der Waals surface area contributed by atoms with Gasteiger partial charge >= 0.3 is 59.8 Å². The summed E-state index contributed by atoms with van der Waals surface area (Å²) in [5, 5.41) is 0. The first-order valence-electron chi connectivity index (χ1n) is 19.9. The third-order valence-electron chi connectivity index (χ3n) is 9.32. The average Bonchev–Trinajstić information content (AvgIpc) is 3.12. The fourth-order valence-electron chi connectivity index (χ4n) is 5.39. The molecule has 2 atom stereocenters. The monoisotopic (exact) mass is 1000 g/mol. The molecule has 0 N–H and O–H groups in total. The van der Waals surface area contributed by atoms with E-state index >= 15 is 0 Å². The number of likely N-dealkylation sites (N-methyl/N-ethyl adjacent to an activating group) is 1. The highest BCUT2D eigenvalue weighted by atomic mass is 31.2. The van der Waals surface area contributed by atoms with E-state index in [4.69, 9.17) is 18.5 Å². The molecule has 0 fully saturated rings. The Bertz CT molecular complexity index is 1440. The molecule has 0 aliphatic heterocycles. The van der Waals surface area contributed by atoms with E-state index in [1.807, 2.05) is 0 Å². The fraction of sp³-hybridized carbons (Fsp3) is 0.944. The summed E-state index contributed by atoms with van der Waals surface area (Å²) in [7, 11) is 0.284. The molecule has 1 unspecified atom stereocenters. The summed E-state index contributed by atoms with van der Waals surface area (Å²) in [4.78, 5) is 37.1. The second-order valence-corrected chi connectivity index (χ2v) is 17.4. The lowest BCUT2D eigenvalue weighted by Crippen LogP contribution is -2.60. The van der Waals surface area contributed by atoms with Gasteiger partial charge < -0.3 is 27.9 Å². The fourth-order valence-corrected chi connectivity index (χ4v) is 6.12. The van der Waals surface area contributed by atoms with Crippen molar-refractivity contribution in [2.24, 2.45) is 0 Å². The maximum absolute atomic E-state index is 13.7. The number of phosphoric acid groups is 1. The van der Waals surface area contributed by atoms with Crippen LogP contribution in [0.4, 0.5) is 79.0 Å². The van der Waals surface area contributed by atoms with Crippen molar-refractivity contribution >= 4 is 19.8 Å². The van der Waals surface area contributed by atoms with Gasteiger partial charge in [-0.25, -0.2) is 0 Å². The molecule has 0 amide bonds. The Kier molecular flexibility index (Phi) is 24.3. The average molecular weight is 1000 g/mol. The molecule has 9 nitrogen and oxygen atoms in total. The van der Waals surface area contributed by atoms with Crippen LogP contribution in [0.5, 0.6) is 0 Å². The maximum Gasteiger partial charge on any atom is 0.460 e. The molecular weight excluding hydrogens is 947 g/mol. The summed E-state index contributed by atoms with van der Waals surface area (Å²) in [5.41, 5.74) is 0. The lowest BCUT2D eigenvalue weighted by molar-refractivity contribution is -0.870. The van der Waals surface area contributed by atoms with E-state index in [1.165, 1.54) is 0 Å². The zero-order valence-corrected chi connectivity index (χ0v) is 36.0. The van der Waals surface area contributed by atoms with Crippen LogP contribution in [0.1, 0.15) is 116 Å². The highest BCUT2D eigenvalue weighted by Crippen LogP contribution is 2.55. The van der Waals surface area contributed by atoms with Crippen LogP contribution in [0, 0.1) is 0 Å². The molecule has 28 heteroatoms. The minimum Gasteiger partial charge on any atom is -0.756 e. The van der Waals surface area contributed by atoms with Gasteiger partial charge in [0.05, 0.1) is 27.7 Å². The van der Waals surface area contributed by atoms with Crippen LogP contribution in [0.25, 0.3) is 0 Å². The largest absolute Gasteiger partial charge is 0.756 e. The number of esters is 2. The standard InChI is InChI=1S/C36H54F18NO8P/c1-55(2,3)22-23-61-64(58,59)62-25-26(63-28(57)19-15-11-7-5-9-13-17-21-30(39,40)32(43,44)34(47,48)36(52,53)54)24-60-27(56)18-14-10-6-4-8-12-16-20-29(37,38)31(41,42)33(45,46)35(49,50)51/h26H,4-25H2,1-3H3/t26-/m1/s1. The zero-order chi connectivity index (χ0) is 50.1. The van der Waals surface area contributed by atoms with Crippen LogP contribution >= 0.6 is 7.82 Å². The van der Waals surface area contributed by atoms with Gasteiger partial charge in [0.25, 0.3) is 7.82 Å². The van der Waals surface area contributed by atoms with Crippen molar-refractivity contribution in [3.63, 3.8) is 0 Å². The van der Waals surface area contributed by atoms with Crippen LogP contribution < -0.4 is 4.89 Å². The summed E-state index contributed by atoms with van der Waals surface area (Å²) >= 11 is 0. The predicted molar refractivity (Wildman–Crippen MR) is 188 cm³/mol. The first-order chi connectivity index (χ1) is 28.8. The van der Waals surface area contributed by atoms with E-state index in [-0.39, 0.29) is 77.4 Å². The SMILES string of the molecule is C[N+](C)(C)CCOP(=O)([O-])OC[C@@H](COC(=O)CCCCCCCCCC(F)(F)C(F)(F)C(F)(F)C(F)(F)F)OC(=O)CCCCCCCCCC(F)(F)C(F)(F)C(F)(F)C(F)(F)F. The van der Waals surface area contributed by atoms with Crippen LogP contribution in [0.3, 0.4) is 0 Å². The number of ether oxygens (including phenoxy) is 2.